The van der Waals surface area contributed by atoms with Gasteiger partial charge in [-0.2, -0.15) is 0 Å². The van der Waals surface area contributed by atoms with Crippen LogP contribution in [0.1, 0.15) is 25.1 Å². The summed E-state index contributed by atoms with van der Waals surface area (Å²) in [6.45, 7) is 3.01. The first-order valence-corrected chi connectivity index (χ1v) is 4.11. The highest BCUT2D eigenvalue weighted by atomic mass is 16.3. The molecule has 0 radical (unpaired) electrons. The van der Waals surface area contributed by atoms with Crippen LogP contribution in [0.25, 0.3) is 0 Å². The summed E-state index contributed by atoms with van der Waals surface area (Å²) in [7, 11) is 0. The summed E-state index contributed by atoms with van der Waals surface area (Å²) in [5.41, 5.74) is 0. The highest BCUT2D eigenvalue weighted by Gasteiger charge is 2.08. The summed E-state index contributed by atoms with van der Waals surface area (Å²) in [6.07, 6.45) is 8.03. The van der Waals surface area contributed by atoms with Gasteiger partial charge in [0.2, 0.25) is 0 Å². The molecule has 1 aromatic rings. The van der Waals surface area contributed by atoms with Crippen molar-refractivity contribution < 1.29 is 4.42 Å². The topological polar surface area (TPSA) is 25.2 Å². The SMILES string of the molecule is C#CC(NCCC)c1ccco1. The lowest BCUT2D eigenvalue weighted by atomic mass is 10.2. The second kappa shape index (κ2) is 4.63. The van der Waals surface area contributed by atoms with Gasteiger partial charge in [-0.15, -0.1) is 6.42 Å². The van der Waals surface area contributed by atoms with E-state index < -0.39 is 0 Å². The van der Waals surface area contributed by atoms with Crippen LogP contribution in [0.4, 0.5) is 0 Å². The quantitative estimate of drug-likeness (QED) is 0.686. The van der Waals surface area contributed by atoms with Crippen LogP contribution in [0.5, 0.6) is 0 Å². The zero-order chi connectivity index (χ0) is 8.81. The van der Waals surface area contributed by atoms with Crippen molar-refractivity contribution in [2.24, 2.45) is 0 Å². The molecule has 1 unspecified atom stereocenters. The standard InChI is InChI=1S/C10H13NO/c1-3-7-11-9(4-2)10-6-5-8-12-10/h2,5-6,8-9,11H,3,7H2,1H3. The van der Waals surface area contributed by atoms with Crippen molar-refractivity contribution in [2.45, 2.75) is 19.4 Å². The molecule has 0 saturated carbocycles. The van der Waals surface area contributed by atoms with Crippen LogP contribution in [-0.2, 0) is 0 Å². The van der Waals surface area contributed by atoms with E-state index >= 15 is 0 Å². The second-order valence-corrected chi connectivity index (χ2v) is 2.57. The van der Waals surface area contributed by atoms with E-state index in [1.165, 1.54) is 0 Å². The molecule has 0 aromatic carbocycles. The van der Waals surface area contributed by atoms with E-state index in [0.29, 0.717) is 0 Å². The fourth-order valence-electron chi connectivity index (χ4n) is 0.986. The third-order valence-corrected chi connectivity index (χ3v) is 1.59. The van der Waals surface area contributed by atoms with E-state index in [1.54, 1.807) is 6.26 Å². The normalized spacial score (nSPS) is 12.3. The smallest absolute Gasteiger partial charge is 0.132 e. The molecule has 0 amide bonds. The molecule has 1 rings (SSSR count). The Bertz CT molecular complexity index is 245. The average Bonchev–Trinajstić information content (AvgIpc) is 2.59. The molecule has 1 N–H and O–H groups in total. The molecule has 12 heavy (non-hydrogen) atoms. The van der Waals surface area contributed by atoms with Crippen molar-refractivity contribution in [1.29, 1.82) is 0 Å². The Hall–Kier alpha value is -1.20. The fraction of sp³-hybridized carbons (Fsp3) is 0.400. The number of hydrogen-bond acceptors (Lipinski definition) is 2. The molecule has 0 saturated heterocycles. The molecule has 0 fully saturated rings. The monoisotopic (exact) mass is 163 g/mol. The predicted octanol–water partition coefficient (Wildman–Crippen LogP) is 1.95. The summed E-state index contributed by atoms with van der Waals surface area (Å²) in [5.74, 6) is 3.45. The van der Waals surface area contributed by atoms with Gasteiger partial charge in [0.25, 0.3) is 0 Å². The molecule has 64 valence electrons. The summed E-state index contributed by atoms with van der Waals surface area (Å²) >= 11 is 0. The maximum absolute atomic E-state index is 5.33. The van der Waals surface area contributed by atoms with E-state index in [9.17, 15) is 0 Å². The average molecular weight is 163 g/mol. The number of rotatable bonds is 4. The van der Waals surface area contributed by atoms with Crippen LogP contribution < -0.4 is 5.32 Å². The third-order valence-electron chi connectivity index (χ3n) is 1.59. The van der Waals surface area contributed by atoms with Gasteiger partial charge in [-0.05, 0) is 25.1 Å². The van der Waals surface area contributed by atoms with Crippen molar-refractivity contribution in [2.75, 3.05) is 6.54 Å². The van der Waals surface area contributed by atoms with Crippen molar-refractivity contribution >= 4 is 0 Å². The van der Waals surface area contributed by atoms with E-state index in [2.05, 4.69) is 18.2 Å². The van der Waals surface area contributed by atoms with Crippen LogP contribution in [0.15, 0.2) is 22.8 Å². The van der Waals surface area contributed by atoms with E-state index in [1.807, 2.05) is 12.1 Å². The van der Waals surface area contributed by atoms with Gasteiger partial charge in [-0.3, -0.25) is 5.32 Å². The minimum Gasteiger partial charge on any atom is -0.467 e. The van der Waals surface area contributed by atoms with Crippen LogP contribution in [0.3, 0.4) is 0 Å². The Morgan fingerprint density at radius 1 is 1.75 bits per heavy atom. The first-order valence-electron chi connectivity index (χ1n) is 4.11. The lowest BCUT2D eigenvalue weighted by Crippen LogP contribution is -2.19. The summed E-state index contributed by atoms with van der Waals surface area (Å²) in [6, 6.07) is 3.64. The van der Waals surface area contributed by atoms with Gasteiger partial charge in [-0.25, -0.2) is 0 Å². The molecule has 0 bridgehead atoms. The first-order chi connectivity index (χ1) is 5.88. The van der Waals surface area contributed by atoms with Crippen molar-refractivity contribution in [3.05, 3.63) is 24.2 Å². The van der Waals surface area contributed by atoms with Crippen LogP contribution in [-0.4, -0.2) is 6.54 Å². The maximum atomic E-state index is 5.33. The van der Waals surface area contributed by atoms with Crippen LogP contribution >= 0.6 is 0 Å². The Balaban J connectivity index is 2.53. The van der Waals surface area contributed by atoms with Gasteiger partial charge in [-0.1, -0.05) is 12.8 Å². The number of terminal acetylenes is 1. The molecule has 1 heterocycles. The molecule has 0 aliphatic carbocycles. The first kappa shape index (κ1) is 8.89. The highest BCUT2D eigenvalue weighted by Crippen LogP contribution is 2.11. The summed E-state index contributed by atoms with van der Waals surface area (Å²) in [5, 5.41) is 3.19. The number of nitrogens with one attached hydrogen (secondary N) is 1. The highest BCUT2D eigenvalue weighted by molar-refractivity contribution is 5.15. The molecule has 1 aromatic heterocycles. The van der Waals surface area contributed by atoms with E-state index in [4.69, 9.17) is 10.8 Å². The molecular weight excluding hydrogens is 150 g/mol. The largest absolute Gasteiger partial charge is 0.467 e. The van der Waals surface area contributed by atoms with Gasteiger partial charge in [0, 0.05) is 0 Å². The predicted molar refractivity (Wildman–Crippen MR) is 48.6 cm³/mol. The van der Waals surface area contributed by atoms with Crippen molar-refractivity contribution in [3.63, 3.8) is 0 Å². The minimum atomic E-state index is -0.0834. The number of furan rings is 1. The van der Waals surface area contributed by atoms with Gasteiger partial charge >= 0.3 is 0 Å². The molecule has 2 nitrogen and oxygen atoms in total. The lowest BCUT2D eigenvalue weighted by molar-refractivity contribution is 0.460. The molecule has 0 aliphatic heterocycles. The summed E-state index contributed by atoms with van der Waals surface area (Å²) in [4.78, 5) is 0. The third kappa shape index (κ3) is 2.14. The Morgan fingerprint density at radius 2 is 2.58 bits per heavy atom. The maximum Gasteiger partial charge on any atom is 0.132 e. The Morgan fingerprint density at radius 3 is 3.08 bits per heavy atom. The Kier molecular flexibility index (Phi) is 3.43. The van der Waals surface area contributed by atoms with Gasteiger partial charge in [0.05, 0.1) is 6.26 Å². The van der Waals surface area contributed by atoms with Gasteiger partial charge < -0.3 is 4.42 Å². The molecular formula is C10H13NO. The van der Waals surface area contributed by atoms with E-state index in [0.717, 1.165) is 18.7 Å². The van der Waals surface area contributed by atoms with Gasteiger partial charge in [0.1, 0.15) is 11.8 Å². The zero-order valence-electron chi connectivity index (χ0n) is 7.21. The Labute approximate surface area is 73.0 Å². The van der Waals surface area contributed by atoms with Gasteiger partial charge in [0.15, 0.2) is 0 Å². The lowest BCUT2D eigenvalue weighted by Gasteiger charge is -2.08. The van der Waals surface area contributed by atoms with Crippen LogP contribution in [0.2, 0.25) is 0 Å². The molecule has 1 atom stereocenters. The van der Waals surface area contributed by atoms with Crippen LogP contribution in [0, 0.1) is 12.3 Å². The van der Waals surface area contributed by atoms with Crippen molar-refractivity contribution in [1.82, 2.24) is 5.32 Å². The minimum absolute atomic E-state index is 0.0834. The van der Waals surface area contributed by atoms with E-state index in [-0.39, 0.29) is 6.04 Å². The molecule has 2 heteroatoms. The fourth-order valence-corrected chi connectivity index (χ4v) is 0.986. The molecule has 0 aliphatic rings. The second-order valence-electron chi connectivity index (χ2n) is 2.57. The summed E-state index contributed by atoms with van der Waals surface area (Å²) < 4.78 is 5.18. The molecule has 0 spiro atoms. The number of hydrogen-bond donors (Lipinski definition) is 1. The van der Waals surface area contributed by atoms with Crippen molar-refractivity contribution in [3.8, 4) is 12.3 Å². The zero-order valence-corrected chi connectivity index (χ0v) is 7.21.